The number of hydrogen-bond acceptors (Lipinski definition) is 4. The van der Waals surface area contributed by atoms with Crippen LogP contribution in [0.25, 0.3) is 5.53 Å². The van der Waals surface area contributed by atoms with E-state index in [4.69, 9.17) is 19.7 Å². The lowest BCUT2D eigenvalue weighted by Gasteiger charge is -2.28. The lowest BCUT2D eigenvalue weighted by molar-refractivity contribution is -0.0454. The molecule has 0 bridgehead atoms. The third-order valence-corrected chi connectivity index (χ3v) is 2.95. The van der Waals surface area contributed by atoms with Gasteiger partial charge in [-0.05, 0) is 26.0 Å². The lowest BCUT2D eigenvalue weighted by atomic mass is 10.2. The van der Waals surface area contributed by atoms with Crippen molar-refractivity contribution in [3.8, 4) is 11.5 Å². The van der Waals surface area contributed by atoms with Gasteiger partial charge in [0.1, 0.15) is 18.1 Å². The van der Waals surface area contributed by atoms with Crippen LogP contribution >= 0.6 is 0 Å². The number of morpholine rings is 1. The summed E-state index contributed by atoms with van der Waals surface area (Å²) in [7, 11) is -6.00. The normalized spacial score (nSPS) is 14.0. The Labute approximate surface area is 143 Å². The molecule has 0 amide bonds. The van der Waals surface area contributed by atoms with Crippen LogP contribution < -0.4 is 14.4 Å². The molecule has 0 N–H and O–H groups in total. The fourth-order valence-electron chi connectivity index (χ4n) is 2.11. The van der Waals surface area contributed by atoms with Gasteiger partial charge in [0.05, 0.1) is 25.4 Å². The van der Waals surface area contributed by atoms with Crippen molar-refractivity contribution in [2.75, 3.05) is 37.8 Å². The molecule has 1 aliphatic heterocycles. The van der Waals surface area contributed by atoms with Crippen molar-refractivity contribution < 1.29 is 36.3 Å². The molecule has 11 heteroatoms. The maximum atomic E-state index is 9.75. The zero-order valence-corrected chi connectivity index (χ0v) is 13.9. The second kappa shape index (κ2) is 9.78. The first-order valence-corrected chi connectivity index (χ1v) is 7.64. The van der Waals surface area contributed by atoms with E-state index in [1.54, 1.807) is 0 Å². The molecule has 6 nitrogen and oxygen atoms in total. The topological polar surface area (TPSA) is 67.3 Å². The Kier molecular flexibility index (Phi) is 8.07. The molecular weight excluding hydrogens is 345 g/mol. The Morgan fingerprint density at radius 3 is 2.40 bits per heavy atom. The summed E-state index contributed by atoms with van der Waals surface area (Å²) in [4.78, 5) is 5.19. The maximum Gasteiger partial charge on any atom is 0.673 e. The van der Waals surface area contributed by atoms with Crippen molar-refractivity contribution in [2.24, 2.45) is 0 Å². The number of rotatable bonds is 5. The van der Waals surface area contributed by atoms with Gasteiger partial charge in [-0.2, -0.15) is 0 Å². The molecule has 0 aromatic heterocycles. The molecule has 0 unspecified atom stereocenters. The van der Waals surface area contributed by atoms with Crippen LogP contribution in [0.5, 0.6) is 11.5 Å². The van der Waals surface area contributed by atoms with Gasteiger partial charge < -0.3 is 41.9 Å². The second-order valence-corrected chi connectivity index (χ2v) is 4.75. The summed E-state index contributed by atoms with van der Waals surface area (Å²) in [5, 5.41) is 0. The Balaban J connectivity index is 0.000000550. The minimum absolute atomic E-state index is 0.306. The first kappa shape index (κ1) is 20.6. The van der Waals surface area contributed by atoms with Crippen LogP contribution in [-0.4, -0.2) is 50.9 Å². The van der Waals surface area contributed by atoms with Crippen LogP contribution in [0.4, 0.5) is 23.0 Å². The van der Waals surface area contributed by atoms with E-state index in [-0.39, 0.29) is 0 Å². The molecule has 1 heterocycles. The zero-order chi connectivity index (χ0) is 18.9. The van der Waals surface area contributed by atoms with Crippen LogP contribution in [-0.2, 0) is 4.74 Å². The number of anilines is 1. The van der Waals surface area contributed by atoms with Gasteiger partial charge >= 0.3 is 13.2 Å². The molecule has 2 rings (SSSR count). The highest BCUT2D eigenvalue weighted by Gasteiger charge is 2.25. The van der Waals surface area contributed by atoms with E-state index in [0.717, 1.165) is 17.2 Å². The largest absolute Gasteiger partial charge is 0.673 e. The van der Waals surface area contributed by atoms with Crippen LogP contribution in [0.1, 0.15) is 13.8 Å². The van der Waals surface area contributed by atoms with Gasteiger partial charge in [-0.3, -0.25) is 0 Å². The minimum Gasteiger partial charge on any atom is -0.494 e. The van der Waals surface area contributed by atoms with Gasteiger partial charge in [0.2, 0.25) is 0 Å². The monoisotopic (exact) mass is 364 g/mol. The smallest absolute Gasteiger partial charge is 0.494 e. The van der Waals surface area contributed by atoms with Crippen molar-refractivity contribution in [3.63, 3.8) is 0 Å². The molecule has 140 valence electrons. The van der Waals surface area contributed by atoms with Crippen LogP contribution in [0.3, 0.4) is 0 Å². The second-order valence-electron chi connectivity index (χ2n) is 4.75. The number of benzene rings is 1. The van der Waals surface area contributed by atoms with Gasteiger partial charge in [0, 0.05) is 6.07 Å². The van der Waals surface area contributed by atoms with Crippen molar-refractivity contribution >= 4 is 18.8 Å². The average Bonchev–Trinajstić information content (AvgIpc) is 2.55. The Bertz CT molecular complexity index is 603. The zero-order valence-electron chi connectivity index (χ0n) is 13.9. The third-order valence-electron chi connectivity index (χ3n) is 2.95. The Hall–Kier alpha value is -2.42. The van der Waals surface area contributed by atoms with Crippen LogP contribution in [0.15, 0.2) is 18.2 Å². The van der Waals surface area contributed by atoms with Gasteiger partial charge in [-0.15, -0.1) is 4.79 Å². The van der Waals surface area contributed by atoms with E-state index < -0.39 is 7.25 Å². The number of nitrogens with zero attached hydrogens (tertiary/aromatic N) is 3. The molecule has 25 heavy (non-hydrogen) atoms. The highest BCUT2D eigenvalue weighted by atomic mass is 19.5. The number of hydrogen-bond donors (Lipinski definition) is 0. The number of ether oxygens (including phenoxy) is 3. The van der Waals surface area contributed by atoms with E-state index >= 15 is 0 Å². The molecule has 1 aromatic carbocycles. The fourth-order valence-corrected chi connectivity index (χ4v) is 2.11. The molecule has 0 aliphatic carbocycles. The molecule has 0 spiro atoms. The number of halogens is 4. The first-order chi connectivity index (χ1) is 11.8. The van der Waals surface area contributed by atoms with Crippen molar-refractivity contribution in [1.29, 1.82) is 0 Å². The van der Waals surface area contributed by atoms with Gasteiger partial charge in [0.25, 0.3) is 0 Å². The summed E-state index contributed by atoms with van der Waals surface area (Å²) >= 11 is 0. The SMILES string of the molecule is CCOc1ccc(OCC)c(N2CCOC(=[N+]=[N-])C2)c1.F[B-](F)(F)F. The summed E-state index contributed by atoms with van der Waals surface area (Å²) < 4.78 is 55.4. The summed E-state index contributed by atoms with van der Waals surface area (Å²) in [5.74, 6) is 1.88. The molecule has 0 atom stereocenters. The highest BCUT2D eigenvalue weighted by molar-refractivity contribution is 6.50. The summed E-state index contributed by atoms with van der Waals surface area (Å²) in [6, 6.07) is 5.73. The predicted molar refractivity (Wildman–Crippen MR) is 85.8 cm³/mol. The molecule has 1 aromatic rings. The summed E-state index contributed by atoms with van der Waals surface area (Å²) in [6.07, 6.45) is 0. The predicted octanol–water partition coefficient (Wildman–Crippen LogP) is 3.25. The molecule has 1 fully saturated rings. The summed E-state index contributed by atoms with van der Waals surface area (Å²) in [6.45, 7) is 6.68. The molecule has 1 saturated heterocycles. The molecular formula is C14H19BF4N3O3-. The van der Waals surface area contributed by atoms with Crippen molar-refractivity contribution in [3.05, 3.63) is 23.7 Å². The van der Waals surface area contributed by atoms with Crippen molar-refractivity contribution in [2.45, 2.75) is 13.8 Å². The molecule has 1 aliphatic rings. The van der Waals surface area contributed by atoms with Crippen LogP contribution in [0.2, 0.25) is 0 Å². The van der Waals surface area contributed by atoms with Gasteiger partial charge in [-0.1, -0.05) is 0 Å². The standard InChI is InChI=1S/C14H19N3O3.BF4/c1-3-18-11-5-6-13(19-4-2)12(9-11)17-7-8-20-14(10-17)16-15;2-1(3,4)5/h5-6,9H,3-4,7-8,10H2,1-2H3;/q;-1. The minimum atomic E-state index is -6.00. The molecule has 0 saturated carbocycles. The van der Waals surface area contributed by atoms with E-state index in [1.165, 1.54) is 0 Å². The molecule has 0 radical (unpaired) electrons. The average molecular weight is 364 g/mol. The Morgan fingerprint density at radius 1 is 1.20 bits per heavy atom. The Morgan fingerprint density at radius 2 is 1.84 bits per heavy atom. The third kappa shape index (κ3) is 7.80. The van der Waals surface area contributed by atoms with Gasteiger partial charge in [-0.25, -0.2) is 0 Å². The van der Waals surface area contributed by atoms with Crippen molar-refractivity contribution in [1.82, 2.24) is 0 Å². The summed E-state index contributed by atoms with van der Waals surface area (Å²) in [5.41, 5.74) is 9.77. The fraction of sp³-hybridized carbons (Fsp3) is 0.500. The quantitative estimate of drug-likeness (QED) is 0.348. The van der Waals surface area contributed by atoms with E-state index in [2.05, 4.69) is 4.79 Å². The first-order valence-electron chi connectivity index (χ1n) is 7.64. The van der Waals surface area contributed by atoms with Crippen LogP contribution in [0, 0.1) is 0 Å². The van der Waals surface area contributed by atoms with E-state index in [9.17, 15) is 17.3 Å². The lowest BCUT2D eigenvalue weighted by Crippen LogP contribution is -2.40. The van der Waals surface area contributed by atoms with Gasteiger partial charge in [0.15, 0.2) is 6.54 Å². The van der Waals surface area contributed by atoms with E-state index in [1.807, 2.05) is 36.9 Å². The maximum absolute atomic E-state index is 9.75. The highest BCUT2D eigenvalue weighted by Crippen LogP contribution is 2.33. The van der Waals surface area contributed by atoms with E-state index in [0.29, 0.717) is 38.8 Å².